The van der Waals surface area contributed by atoms with Crippen molar-refractivity contribution in [3.63, 3.8) is 0 Å². The minimum absolute atomic E-state index is 0.0795. The molecule has 4 unspecified atom stereocenters. The quantitative estimate of drug-likeness (QED) is 0.631. The molecular weight excluding hydrogens is 434 g/mol. The van der Waals surface area contributed by atoms with Gasteiger partial charge in [-0.3, -0.25) is 4.90 Å². The first-order chi connectivity index (χ1) is 17.0. The molecule has 1 spiro atoms. The van der Waals surface area contributed by atoms with Gasteiger partial charge in [-0.05, 0) is 85.9 Å². The summed E-state index contributed by atoms with van der Waals surface area (Å²) in [6.07, 6.45) is 8.79. The van der Waals surface area contributed by atoms with E-state index in [1.165, 1.54) is 42.5 Å². The van der Waals surface area contributed by atoms with Gasteiger partial charge in [-0.25, -0.2) is 0 Å². The van der Waals surface area contributed by atoms with E-state index in [0.29, 0.717) is 12.0 Å². The van der Waals surface area contributed by atoms with Crippen molar-refractivity contribution in [2.45, 2.75) is 82.0 Å². The lowest BCUT2D eigenvalue weighted by Crippen LogP contribution is -2.70. The SMILES string of the molecule is COc1ccc2c3c1OC1[C@@H](O)[C@](C)(CCc4ccccc4)CC4C(C2)N(CC2CCC2)CCC341. The van der Waals surface area contributed by atoms with Crippen LogP contribution in [0.25, 0.3) is 0 Å². The second-order valence-electron chi connectivity index (χ2n) is 12.4. The van der Waals surface area contributed by atoms with Gasteiger partial charge in [-0.15, -0.1) is 0 Å². The van der Waals surface area contributed by atoms with Gasteiger partial charge in [-0.1, -0.05) is 49.7 Å². The van der Waals surface area contributed by atoms with E-state index < -0.39 is 6.10 Å². The normalized spacial score (nSPS) is 37.3. The lowest BCUT2D eigenvalue weighted by Gasteiger charge is -2.63. The molecule has 2 aliphatic heterocycles. The smallest absolute Gasteiger partial charge is 0.165 e. The van der Waals surface area contributed by atoms with Crippen LogP contribution in [0.2, 0.25) is 0 Å². The van der Waals surface area contributed by atoms with Gasteiger partial charge in [0.15, 0.2) is 11.5 Å². The first-order valence-electron chi connectivity index (χ1n) is 13.9. The lowest BCUT2D eigenvalue weighted by atomic mass is 9.46. The molecule has 3 fully saturated rings. The van der Waals surface area contributed by atoms with Crippen LogP contribution in [0, 0.1) is 17.3 Å². The predicted molar refractivity (Wildman–Crippen MR) is 137 cm³/mol. The molecule has 2 aromatic carbocycles. The number of hydrogen-bond donors (Lipinski definition) is 1. The van der Waals surface area contributed by atoms with Gasteiger partial charge in [0, 0.05) is 23.6 Å². The number of aliphatic hydroxyl groups excluding tert-OH is 1. The Morgan fingerprint density at radius 3 is 2.71 bits per heavy atom. The number of aryl methyl sites for hydroxylation is 1. The van der Waals surface area contributed by atoms with Crippen LogP contribution in [0.15, 0.2) is 42.5 Å². The fourth-order valence-electron chi connectivity index (χ4n) is 8.59. The third kappa shape index (κ3) is 3.12. The molecule has 186 valence electrons. The molecule has 7 rings (SSSR count). The maximum Gasteiger partial charge on any atom is 0.165 e. The summed E-state index contributed by atoms with van der Waals surface area (Å²) in [7, 11) is 1.74. The largest absolute Gasteiger partial charge is 0.493 e. The zero-order valence-corrected chi connectivity index (χ0v) is 21.2. The first-order valence-corrected chi connectivity index (χ1v) is 13.9. The molecule has 0 amide bonds. The van der Waals surface area contributed by atoms with E-state index in [0.717, 1.165) is 56.1 Å². The number of likely N-dealkylation sites (tertiary alicyclic amines) is 1. The molecule has 35 heavy (non-hydrogen) atoms. The summed E-state index contributed by atoms with van der Waals surface area (Å²) in [5.74, 6) is 3.16. The molecule has 1 N–H and O–H groups in total. The Morgan fingerprint density at radius 1 is 1.14 bits per heavy atom. The highest BCUT2D eigenvalue weighted by atomic mass is 16.5. The Labute approximate surface area is 209 Å². The molecule has 2 aromatic rings. The minimum Gasteiger partial charge on any atom is -0.493 e. The van der Waals surface area contributed by atoms with Crippen LogP contribution in [0.5, 0.6) is 11.5 Å². The average Bonchev–Trinajstić information content (AvgIpc) is 3.19. The summed E-state index contributed by atoms with van der Waals surface area (Å²) in [5.41, 5.74) is 3.93. The Kier molecular flexibility index (Phi) is 5.06. The summed E-state index contributed by atoms with van der Waals surface area (Å²) in [6, 6.07) is 15.7. The molecule has 4 heteroatoms. The molecule has 2 heterocycles. The van der Waals surface area contributed by atoms with E-state index in [9.17, 15) is 5.11 Å². The summed E-state index contributed by atoms with van der Waals surface area (Å²) in [4.78, 5) is 2.84. The van der Waals surface area contributed by atoms with Gasteiger partial charge in [0.05, 0.1) is 13.2 Å². The second-order valence-corrected chi connectivity index (χ2v) is 12.4. The van der Waals surface area contributed by atoms with Crippen molar-refractivity contribution in [2.24, 2.45) is 17.3 Å². The summed E-state index contributed by atoms with van der Waals surface area (Å²) >= 11 is 0. The molecule has 5 aliphatic rings. The van der Waals surface area contributed by atoms with Crippen LogP contribution in [-0.4, -0.2) is 48.5 Å². The molecular formula is C31H39NO3. The van der Waals surface area contributed by atoms with Crippen LogP contribution in [0.1, 0.15) is 62.1 Å². The van der Waals surface area contributed by atoms with E-state index in [1.807, 2.05) is 0 Å². The summed E-state index contributed by atoms with van der Waals surface area (Å²) < 4.78 is 12.6. The number of rotatable bonds is 6. The Morgan fingerprint density at radius 2 is 1.97 bits per heavy atom. The minimum atomic E-state index is -0.482. The van der Waals surface area contributed by atoms with Crippen LogP contribution in [0.4, 0.5) is 0 Å². The van der Waals surface area contributed by atoms with E-state index in [-0.39, 0.29) is 16.9 Å². The van der Waals surface area contributed by atoms with Crippen molar-refractivity contribution in [2.75, 3.05) is 20.2 Å². The van der Waals surface area contributed by atoms with Crippen LogP contribution < -0.4 is 9.47 Å². The number of benzene rings is 2. The van der Waals surface area contributed by atoms with Crippen molar-refractivity contribution in [1.82, 2.24) is 4.90 Å². The third-order valence-corrected chi connectivity index (χ3v) is 10.7. The number of ether oxygens (including phenoxy) is 2. The van der Waals surface area contributed by atoms with Gasteiger partial charge < -0.3 is 14.6 Å². The molecule has 1 saturated heterocycles. The molecule has 4 nitrogen and oxygen atoms in total. The predicted octanol–water partition coefficient (Wildman–Crippen LogP) is 5.14. The number of hydrogen-bond acceptors (Lipinski definition) is 4. The van der Waals surface area contributed by atoms with E-state index >= 15 is 0 Å². The topological polar surface area (TPSA) is 41.9 Å². The van der Waals surface area contributed by atoms with E-state index in [2.05, 4.69) is 54.3 Å². The van der Waals surface area contributed by atoms with Crippen LogP contribution in [-0.2, 0) is 18.3 Å². The van der Waals surface area contributed by atoms with Gasteiger partial charge in [0.1, 0.15) is 6.10 Å². The number of piperidine rings is 1. The summed E-state index contributed by atoms with van der Waals surface area (Å²) in [5, 5.41) is 12.0. The van der Waals surface area contributed by atoms with Crippen molar-refractivity contribution < 1.29 is 14.6 Å². The van der Waals surface area contributed by atoms with E-state index in [1.54, 1.807) is 7.11 Å². The molecule has 6 atom stereocenters. The Hall–Kier alpha value is -2.04. The third-order valence-electron chi connectivity index (χ3n) is 10.7. The Bertz CT molecular complexity index is 1110. The molecule has 2 bridgehead atoms. The number of methoxy groups -OCH3 is 1. The maximum absolute atomic E-state index is 12.0. The average molecular weight is 474 g/mol. The Balaban J connectivity index is 1.29. The van der Waals surface area contributed by atoms with Crippen molar-refractivity contribution in [3.05, 3.63) is 59.2 Å². The van der Waals surface area contributed by atoms with Crippen LogP contribution in [0.3, 0.4) is 0 Å². The van der Waals surface area contributed by atoms with Gasteiger partial charge in [0.2, 0.25) is 0 Å². The summed E-state index contributed by atoms with van der Waals surface area (Å²) in [6.45, 7) is 4.71. The lowest BCUT2D eigenvalue weighted by molar-refractivity contribution is -0.165. The fraction of sp³-hybridized carbons (Fsp3) is 0.613. The second kappa shape index (κ2) is 7.98. The number of nitrogens with zero attached hydrogens (tertiary/aromatic N) is 1. The highest BCUT2D eigenvalue weighted by molar-refractivity contribution is 5.61. The van der Waals surface area contributed by atoms with E-state index in [4.69, 9.17) is 9.47 Å². The molecule has 3 aliphatic carbocycles. The molecule has 2 saturated carbocycles. The van der Waals surface area contributed by atoms with Gasteiger partial charge in [-0.2, -0.15) is 0 Å². The first kappa shape index (κ1) is 22.2. The van der Waals surface area contributed by atoms with Gasteiger partial charge in [0.25, 0.3) is 0 Å². The highest BCUT2D eigenvalue weighted by Crippen LogP contribution is 2.67. The van der Waals surface area contributed by atoms with Crippen molar-refractivity contribution in [1.29, 1.82) is 0 Å². The standard InChI is InChI=1S/C31H39NO3/c1-30(14-13-20-7-4-3-5-8-20)18-23-24-17-22-11-12-25(34-2)27-26(22)31(23,29(35-27)28(30)33)15-16-32(24)19-21-9-6-10-21/h3-5,7-8,11-12,21,23-24,28-29,33H,6,9-10,13-19H2,1-2H3/t23?,24?,28-,29?,30-,31?/m1/s1. The van der Waals surface area contributed by atoms with Crippen molar-refractivity contribution in [3.8, 4) is 11.5 Å². The van der Waals surface area contributed by atoms with Crippen LogP contribution >= 0.6 is 0 Å². The maximum atomic E-state index is 12.0. The highest BCUT2D eigenvalue weighted by Gasteiger charge is 2.69. The molecule has 0 aromatic heterocycles. The van der Waals surface area contributed by atoms with Crippen molar-refractivity contribution >= 4 is 0 Å². The zero-order chi connectivity index (χ0) is 23.8. The monoisotopic (exact) mass is 473 g/mol. The van der Waals surface area contributed by atoms with Gasteiger partial charge >= 0.3 is 0 Å². The molecule has 0 radical (unpaired) electrons. The number of aliphatic hydroxyl groups is 1. The zero-order valence-electron chi connectivity index (χ0n) is 21.2. The fourth-order valence-corrected chi connectivity index (χ4v) is 8.59.